The van der Waals surface area contributed by atoms with Crippen molar-refractivity contribution in [1.29, 1.82) is 0 Å². The van der Waals surface area contributed by atoms with E-state index in [0.29, 0.717) is 17.8 Å². The molecule has 0 spiro atoms. The van der Waals surface area contributed by atoms with Gasteiger partial charge in [-0.1, -0.05) is 32.6 Å². The van der Waals surface area contributed by atoms with Crippen molar-refractivity contribution in [3.63, 3.8) is 0 Å². The molecule has 1 radical (unpaired) electrons. The Hall–Kier alpha value is -1.06. The van der Waals surface area contributed by atoms with Gasteiger partial charge >= 0.3 is 11.9 Å². The topological polar surface area (TPSA) is 74.6 Å². The lowest BCUT2D eigenvalue weighted by Gasteiger charge is -2.40. The average Bonchev–Trinajstić information content (AvgIpc) is 2.48. The van der Waals surface area contributed by atoms with Crippen LogP contribution in [0.1, 0.15) is 57.8 Å². The lowest BCUT2D eigenvalue weighted by atomic mass is 9.65. The van der Waals surface area contributed by atoms with E-state index in [4.69, 9.17) is 0 Å². The van der Waals surface area contributed by atoms with Crippen LogP contribution in [-0.2, 0) is 9.59 Å². The molecule has 2 N–H and O–H groups in total. The highest BCUT2D eigenvalue weighted by Crippen LogP contribution is 2.44. The Kier molecular flexibility index (Phi) is 5.65. The summed E-state index contributed by atoms with van der Waals surface area (Å²) in [6, 6.07) is 0. The lowest BCUT2D eigenvalue weighted by molar-refractivity contribution is -0.143. The van der Waals surface area contributed by atoms with E-state index in [1.165, 1.54) is 0 Å². The van der Waals surface area contributed by atoms with Gasteiger partial charge in [-0.3, -0.25) is 9.59 Å². The second-order valence-corrected chi connectivity index (χ2v) is 6.88. The SMILES string of the molecule is [CH2]CC(C1CCCC(C(=O)O)C1)C1CCCC(C(=O)O)C1. The highest BCUT2D eigenvalue weighted by Gasteiger charge is 2.37. The molecule has 2 aliphatic rings. The number of aliphatic carboxylic acids is 2. The first-order valence-corrected chi connectivity index (χ1v) is 8.27. The summed E-state index contributed by atoms with van der Waals surface area (Å²) < 4.78 is 0. The Bertz CT molecular complexity index is 345. The highest BCUT2D eigenvalue weighted by atomic mass is 16.4. The zero-order chi connectivity index (χ0) is 15.4. The van der Waals surface area contributed by atoms with Crippen molar-refractivity contribution in [3.05, 3.63) is 6.92 Å². The van der Waals surface area contributed by atoms with Crippen molar-refractivity contribution in [2.45, 2.75) is 57.8 Å². The molecule has 4 heteroatoms. The number of carboxylic acid groups (broad SMARTS) is 2. The maximum atomic E-state index is 11.2. The van der Waals surface area contributed by atoms with E-state index in [1.54, 1.807) is 0 Å². The first-order chi connectivity index (χ1) is 10.0. The minimum absolute atomic E-state index is 0.211. The maximum Gasteiger partial charge on any atom is 0.306 e. The van der Waals surface area contributed by atoms with Gasteiger partial charge in [0.05, 0.1) is 11.8 Å². The van der Waals surface area contributed by atoms with Crippen molar-refractivity contribution < 1.29 is 19.8 Å². The van der Waals surface area contributed by atoms with E-state index in [9.17, 15) is 19.8 Å². The molecule has 119 valence electrons. The number of hydrogen-bond acceptors (Lipinski definition) is 2. The molecule has 0 aromatic heterocycles. The number of rotatable bonds is 5. The zero-order valence-corrected chi connectivity index (χ0v) is 12.7. The Morgan fingerprint density at radius 3 is 1.67 bits per heavy atom. The minimum Gasteiger partial charge on any atom is -0.481 e. The molecule has 0 aromatic carbocycles. The molecule has 0 aromatic rings. The second-order valence-electron chi connectivity index (χ2n) is 6.88. The third-order valence-electron chi connectivity index (χ3n) is 5.67. The van der Waals surface area contributed by atoms with Gasteiger partial charge in [-0.15, -0.1) is 0 Å². The van der Waals surface area contributed by atoms with Crippen molar-refractivity contribution in [2.24, 2.45) is 29.6 Å². The molecule has 0 amide bonds. The average molecular weight is 295 g/mol. The quantitative estimate of drug-likeness (QED) is 0.812. The molecular formula is C17H27O4. The van der Waals surface area contributed by atoms with E-state index < -0.39 is 11.9 Å². The van der Waals surface area contributed by atoms with E-state index in [2.05, 4.69) is 6.92 Å². The summed E-state index contributed by atoms with van der Waals surface area (Å²) in [6.45, 7) is 4.08. The van der Waals surface area contributed by atoms with E-state index >= 15 is 0 Å². The zero-order valence-electron chi connectivity index (χ0n) is 12.7. The molecule has 21 heavy (non-hydrogen) atoms. The van der Waals surface area contributed by atoms with Crippen LogP contribution < -0.4 is 0 Å². The van der Waals surface area contributed by atoms with Gasteiger partial charge in [0.25, 0.3) is 0 Å². The third kappa shape index (κ3) is 3.98. The van der Waals surface area contributed by atoms with Crippen LogP contribution in [-0.4, -0.2) is 22.2 Å². The Labute approximate surface area is 126 Å². The summed E-state index contributed by atoms with van der Waals surface area (Å²) >= 11 is 0. The molecule has 2 fully saturated rings. The summed E-state index contributed by atoms with van der Waals surface area (Å²) in [6.07, 6.45) is 8.01. The third-order valence-corrected chi connectivity index (χ3v) is 5.67. The summed E-state index contributed by atoms with van der Waals surface area (Å²) in [5.74, 6) is -0.545. The molecule has 4 unspecified atom stereocenters. The normalized spacial score (nSPS) is 35.1. The second kappa shape index (κ2) is 7.28. The molecular weight excluding hydrogens is 268 g/mol. The van der Waals surface area contributed by atoms with Crippen molar-refractivity contribution >= 4 is 11.9 Å². The molecule has 4 atom stereocenters. The molecule has 2 aliphatic carbocycles. The van der Waals surface area contributed by atoms with Gasteiger partial charge in [0.1, 0.15) is 0 Å². The minimum atomic E-state index is -0.672. The van der Waals surface area contributed by atoms with Gasteiger partial charge in [0.2, 0.25) is 0 Å². The maximum absolute atomic E-state index is 11.2. The monoisotopic (exact) mass is 295 g/mol. The Balaban J connectivity index is 2.01. The van der Waals surface area contributed by atoms with Gasteiger partial charge in [-0.2, -0.15) is 0 Å². The first kappa shape index (κ1) is 16.3. The predicted octanol–water partition coefficient (Wildman–Crippen LogP) is 3.61. The summed E-state index contributed by atoms with van der Waals surface area (Å²) in [5.41, 5.74) is 0. The smallest absolute Gasteiger partial charge is 0.306 e. The molecule has 4 nitrogen and oxygen atoms in total. The van der Waals surface area contributed by atoms with Gasteiger partial charge in [0.15, 0.2) is 0 Å². The fourth-order valence-corrected chi connectivity index (χ4v) is 4.54. The van der Waals surface area contributed by atoms with Crippen LogP contribution in [0.4, 0.5) is 0 Å². The van der Waals surface area contributed by atoms with Gasteiger partial charge in [0, 0.05) is 0 Å². The highest BCUT2D eigenvalue weighted by molar-refractivity contribution is 5.70. The Morgan fingerprint density at radius 2 is 1.33 bits per heavy atom. The summed E-state index contributed by atoms with van der Waals surface area (Å²) in [4.78, 5) is 22.5. The molecule has 2 rings (SSSR count). The van der Waals surface area contributed by atoms with Crippen LogP contribution in [0, 0.1) is 36.5 Å². The molecule has 0 bridgehead atoms. The number of carbonyl (C=O) groups is 2. The first-order valence-electron chi connectivity index (χ1n) is 8.27. The van der Waals surface area contributed by atoms with E-state index in [0.717, 1.165) is 57.8 Å². The molecule has 2 saturated carbocycles. The largest absolute Gasteiger partial charge is 0.481 e. The van der Waals surface area contributed by atoms with Crippen LogP contribution in [0.25, 0.3) is 0 Å². The molecule has 0 aliphatic heterocycles. The van der Waals surface area contributed by atoms with Gasteiger partial charge < -0.3 is 10.2 Å². The predicted molar refractivity (Wildman–Crippen MR) is 79.6 cm³/mol. The summed E-state index contributed by atoms with van der Waals surface area (Å²) in [7, 11) is 0. The van der Waals surface area contributed by atoms with Crippen LogP contribution in [0.2, 0.25) is 0 Å². The molecule has 0 heterocycles. The number of hydrogen-bond donors (Lipinski definition) is 2. The van der Waals surface area contributed by atoms with Crippen molar-refractivity contribution in [2.75, 3.05) is 0 Å². The summed E-state index contributed by atoms with van der Waals surface area (Å²) in [5, 5.41) is 18.5. The van der Waals surface area contributed by atoms with Crippen molar-refractivity contribution in [1.82, 2.24) is 0 Å². The van der Waals surface area contributed by atoms with Crippen LogP contribution >= 0.6 is 0 Å². The standard InChI is InChI=1S/C17H27O4/c1-2-15(11-5-3-7-13(9-11)16(18)19)12-6-4-8-14(10-12)17(20)21/h11-15H,1-10H2,(H,18,19)(H,20,21). The van der Waals surface area contributed by atoms with Crippen LogP contribution in [0.15, 0.2) is 0 Å². The number of carboxylic acids is 2. The fourth-order valence-electron chi connectivity index (χ4n) is 4.54. The van der Waals surface area contributed by atoms with Crippen LogP contribution in [0.5, 0.6) is 0 Å². The molecule has 0 saturated heterocycles. The van der Waals surface area contributed by atoms with E-state index in [-0.39, 0.29) is 11.8 Å². The van der Waals surface area contributed by atoms with E-state index in [1.807, 2.05) is 0 Å². The van der Waals surface area contributed by atoms with Crippen LogP contribution in [0.3, 0.4) is 0 Å². The lowest BCUT2D eigenvalue weighted by Crippen LogP contribution is -2.34. The Morgan fingerprint density at radius 1 is 0.905 bits per heavy atom. The van der Waals surface area contributed by atoms with Crippen molar-refractivity contribution in [3.8, 4) is 0 Å². The fraction of sp³-hybridized carbons (Fsp3) is 0.824. The van der Waals surface area contributed by atoms with Gasteiger partial charge in [-0.05, 0) is 49.9 Å². The van der Waals surface area contributed by atoms with Gasteiger partial charge in [-0.25, -0.2) is 0 Å².